The van der Waals surface area contributed by atoms with E-state index in [0.717, 1.165) is 17.1 Å². The van der Waals surface area contributed by atoms with Crippen molar-refractivity contribution in [2.24, 2.45) is 0 Å². The van der Waals surface area contributed by atoms with Crippen molar-refractivity contribution in [1.82, 2.24) is 0 Å². The highest BCUT2D eigenvalue weighted by molar-refractivity contribution is 7.26. The second kappa shape index (κ2) is 10.5. The topological polar surface area (TPSA) is 3.24 Å². The van der Waals surface area contributed by atoms with Crippen LogP contribution >= 0.6 is 22.7 Å². The zero-order valence-corrected chi connectivity index (χ0v) is 27.0. The lowest BCUT2D eigenvalue weighted by molar-refractivity contribution is 1.30. The molecule has 0 N–H and O–H groups in total. The van der Waals surface area contributed by atoms with Crippen LogP contribution in [0.5, 0.6) is 0 Å². The summed E-state index contributed by atoms with van der Waals surface area (Å²) in [6, 6.07) is 60.3. The van der Waals surface area contributed by atoms with Gasteiger partial charge in [-0.05, 0) is 93.3 Å². The van der Waals surface area contributed by atoms with Crippen LogP contribution in [0, 0.1) is 0 Å². The molecule has 1 nitrogen and oxygen atoms in total. The van der Waals surface area contributed by atoms with Gasteiger partial charge in [0.1, 0.15) is 0 Å². The third-order valence-electron chi connectivity index (χ3n) is 9.45. The lowest BCUT2D eigenvalue weighted by Gasteiger charge is -2.26. The molecule has 10 aromatic rings. The monoisotopic (exact) mass is 633 g/mol. The smallest absolute Gasteiger partial charge is 0.0468 e. The highest BCUT2D eigenvalue weighted by Crippen LogP contribution is 2.44. The number of anilines is 3. The van der Waals surface area contributed by atoms with Gasteiger partial charge in [-0.2, -0.15) is 0 Å². The lowest BCUT2D eigenvalue weighted by atomic mass is 9.98. The normalized spacial score (nSPS) is 11.8. The Hall–Kier alpha value is -5.48. The Bertz CT molecular complexity index is 2800. The molecule has 8 aromatic carbocycles. The van der Waals surface area contributed by atoms with E-state index in [1.54, 1.807) is 0 Å². The average molecular weight is 634 g/mol. The Balaban J connectivity index is 1.17. The molecule has 2 aromatic heterocycles. The fourth-order valence-electron chi connectivity index (χ4n) is 7.23. The molecule has 0 aliphatic heterocycles. The van der Waals surface area contributed by atoms with E-state index < -0.39 is 0 Å². The van der Waals surface area contributed by atoms with E-state index in [2.05, 4.69) is 169 Å². The minimum Gasteiger partial charge on any atom is -0.310 e. The van der Waals surface area contributed by atoms with E-state index in [1.807, 2.05) is 22.7 Å². The Morgan fingerprint density at radius 2 is 0.894 bits per heavy atom. The summed E-state index contributed by atoms with van der Waals surface area (Å²) in [7, 11) is 0. The zero-order valence-electron chi connectivity index (χ0n) is 25.4. The van der Waals surface area contributed by atoms with Gasteiger partial charge in [0, 0.05) is 57.4 Å². The first-order valence-electron chi connectivity index (χ1n) is 15.9. The molecule has 0 spiro atoms. The summed E-state index contributed by atoms with van der Waals surface area (Å²) >= 11 is 3.73. The van der Waals surface area contributed by atoms with Gasteiger partial charge < -0.3 is 4.90 Å². The van der Waals surface area contributed by atoms with Gasteiger partial charge in [-0.15, -0.1) is 22.7 Å². The summed E-state index contributed by atoms with van der Waals surface area (Å²) in [4.78, 5) is 2.41. The van der Waals surface area contributed by atoms with Crippen LogP contribution in [0.4, 0.5) is 17.1 Å². The highest BCUT2D eigenvalue weighted by Gasteiger charge is 2.17. The van der Waals surface area contributed by atoms with Gasteiger partial charge in [-0.1, -0.05) is 103 Å². The molecule has 0 amide bonds. The third-order valence-corrected chi connectivity index (χ3v) is 11.7. The van der Waals surface area contributed by atoms with Crippen LogP contribution in [0.2, 0.25) is 0 Å². The second-order valence-electron chi connectivity index (χ2n) is 12.1. The summed E-state index contributed by atoms with van der Waals surface area (Å²) in [6.45, 7) is 0. The summed E-state index contributed by atoms with van der Waals surface area (Å²) in [5, 5.41) is 10.3. The number of hydrogen-bond donors (Lipinski definition) is 0. The molecule has 0 fully saturated rings. The Kier molecular flexibility index (Phi) is 5.98. The van der Waals surface area contributed by atoms with Crippen molar-refractivity contribution in [3.63, 3.8) is 0 Å². The quantitative estimate of drug-likeness (QED) is 0.174. The Labute approximate surface area is 280 Å². The summed E-state index contributed by atoms with van der Waals surface area (Å²) < 4.78 is 5.29. The summed E-state index contributed by atoms with van der Waals surface area (Å²) in [5.41, 5.74) is 5.94. The molecule has 0 atom stereocenters. The Morgan fingerprint density at radius 3 is 1.72 bits per heavy atom. The van der Waals surface area contributed by atoms with Crippen LogP contribution in [-0.4, -0.2) is 0 Å². The Morgan fingerprint density at radius 1 is 0.340 bits per heavy atom. The zero-order chi connectivity index (χ0) is 30.9. The molecule has 0 aliphatic rings. The van der Waals surface area contributed by atoms with Crippen LogP contribution in [0.25, 0.3) is 73.0 Å². The largest absolute Gasteiger partial charge is 0.310 e. The molecule has 47 heavy (non-hydrogen) atoms. The standard InChI is InChI=1S/C44H27NS2/c1-2-9-34-28(8-1)16-17-30-20-23-32(26-38(30)34)45(33-24-25-42-39(27-33)36-10-3-5-13-40(36)46-42)31-21-18-29(19-22-31)35-12-7-15-43-44(35)37-11-4-6-14-41(37)47-43/h1-27H. The van der Waals surface area contributed by atoms with Gasteiger partial charge in [-0.3, -0.25) is 0 Å². The van der Waals surface area contributed by atoms with Gasteiger partial charge in [0.15, 0.2) is 0 Å². The van der Waals surface area contributed by atoms with Gasteiger partial charge in [0.2, 0.25) is 0 Å². The fraction of sp³-hybridized carbons (Fsp3) is 0. The van der Waals surface area contributed by atoms with Crippen LogP contribution < -0.4 is 4.90 Å². The van der Waals surface area contributed by atoms with E-state index in [0.29, 0.717) is 0 Å². The van der Waals surface area contributed by atoms with Crippen LogP contribution in [0.15, 0.2) is 164 Å². The van der Waals surface area contributed by atoms with Crippen molar-refractivity contribution in [2.75, 3.05) is 4.90 Å². The maximum atomic E-state index is 2.41. The van der Waals surface area contributed by atoms with Crippen molar-refractivity contribution >= 4 is 102 Å². The number of hydrogen-bond acceptors (Lipinski definition) is 3. The molecular formula is C44H27NS2. The van der Waals surface area contributed by atoms with Crippen LogP contribution in [-0.2, 0) is 0 Å². The molecule has 0 unspecified atom stereocenters. The van der Waals surface area contributed by atoms with Crippen LogP contribution in [0.3, 0.4) is 0 Å². The summed E-state index contributed by atoms with van der Waals surface area (Å²) in [6.07, 6.45) is 0. The van der Waals surface area contributed by atoms with E-state index in [4.69, 9.17) is 0 Å². The molecule has 0 bridgehead atoms. The highest BCUT2D eigenvalue weighted by atomic mass is 32.1. The van der Waals surface area contributed by atoms with Crippen molar-refractivity contribution in [1.29, 1.82) is 0 Å². The molecular weight excluding hydrogens is 607 g/mol. The molecule has 2 heterocycles. The minimum atomic E-state index is 1.13. The first-order chi connectivity index (χ1) is 23.3. The molecule has 3 heteroatoms. The molecule has 220 valence electrons. The van der Waals surface area contributed by atoms with E-state index in [1.165, 1.54) is 73.0 Å². The summed E-state index contributed by atoms with van der Waals surface area (Å²) in [5.74, 6) is 0. The molecule has 0 aliphatic carbocycles. The first-order valence-corrected chi connectivity index (χ1v) is 17.6. The SMILES string of the molecule is c1ccc2c(c1)ccc1ccc(N(c3ccc(-c4cccc5sc6ccccc6c45)cc3)c3ccc4sc5ccccc5c4c3)cc12. The van der Waals surface area contributed by atoms with Gasteiger partial charge >= 0.3 is 0 Å². The predicted molar refractivity (Wildman–Crippen MR) is 207 cm³/mol. The van der Waals surface area contributed by atoms with Gasteiger partial charge in [-0.25, -0.2) is 0 Å². The molecule has 0 saturated carbocycles. The predicted octanol–water partition coefficient (Wildman–Crippen LogP) is 13.9. The van der Waals surface area contributed by atoms with Crippen molar-refractivity contribution in [2.45, 2.75) is 0 Å². The maximum Gasteiger partial charge on any atom is 0.0468 e. The number of fused-ring (bicyclic) bond motifs is 9. The number of thiophene rings is 2. The second-order valence-corrected chi connectivity index (χ2v) is 14.3. The van der Waals surface area contributed by atoms with Gasteiger partial charge in [0.05, 0.1) is 0 Å². The van der Waals surface area contributed by atoms with E-state index in [9.17, 15) is 0 Å². The van der Waals surface area contributed by atoms with Crippen molar-refractivity contribution in [3.8, 4) is 11.1 Å². The molecule has 10 rings (SSSR count). The van der Waals surface area contributed by atoms with Crippen molar-refractivity contribution in [3.05, 3.63) is 164 Å². The number of rotatable bonds is 4. The fourth-order valence-corrected chi connectivity index (χ4v) is 9.45. The van der Waals surface area contributed by atoms with E-state index in [-0.39, 0.29) is 0 Å². The molecule has 0 saturated heterocycles. The third kappa shape index (κ3) is 4.28. The average Bonchev–Trinajstić information content (AvgIpc) is 3.70. The van der Waals surface area contributed by atoms with Crippen molar-refractivity contribution < 1.29 is 0 Å². The number of benzene rings is 8. The first kappa shape index (κ1) is 26.7. The van der Waals surface area contributed by atoms with Gasteiger partial charge in [0.25, 0.3) is 0 Å². The lowest BCUT2D eigenvalue weighted by Crippen LogP contribution is -2.09. The number of nitrogens with zero attached hydrogens (tertiary/aromatic N) is 1. The minimum absolute atomic E-state index is 1.13. The van der Waals surface area contributed by atoms with E-state index >= 15 is 0 Å². The molecule has 0 radical (unpaired) electrons. The van der Waals surface area contributed by atoms with Crippen LogP contribution in [0.1, 0.15) is 0 Å². The maximum absolute atomic E-state index is 2.41.